The summed E-state index contributed by atoms with van der Waals surface area (Å²) in [6.07, 6.45) is 28.5. The minimum absolute atomic E-state index is 0.0115. The van der Waals surface area contributed by atoms with Gasteiger partial charge in [0.1, 0.15) is 0 Å². The number of unbranched alkanes of at least 4 members (excludes halogenated alkanes) is 20. The normalized spacial score (nSPS) is 11.1. The summed E-state index contributed by atoms with van der Waals surface area (Å²) in [5.74, 6) is 0.282. The fourth-order valence-electron chi connectivity index (χ4n) is 5.04. The number of hydrogen-bond acceptors (Lipinski definition) is 4. The molecular weight excluding hydrogens is 476 g/mol. The van der Waals surface area contributed by atoms with Crippen molar-refractivity contribution >= 4 is 11.8 Å². The molecule has 0 heterocycles. The van der Waals surface area contributed by atoms with Gasteiger partial charge in [-0.3, -0.25) is 9.59 Å². The molecule has 38 heavy (non-hydrogen) atoms. The smallest absolute Gasteiger partial charge is 0.222 e. The Morgan fingerprint density at radius 1 is 0.526 bits per heavy atom. The number of carbonyl (C=O) groups is 2. The Balaban J connectivity index is 3.51. The number of aliphatic hydroxyl groups excluding tert-OH is 2. The maximum absolute atomic E-state index is 12.6. The average Bonchev–Trinajstić information content (AvgIpc) is 2.92. The van der Waals surface area contributed by atoms with E-state index in [-0.39, 0.29) is 25.0 Å². The predicted octanol–water partition coefficient (Wildman–Crippen LogP) is 7.30. The number of amides is 2. The standard InChI is InChI=1S/C32H64N2O4/c1-2-3-4-5-6-12-16-19-22-25-32(38)34(28-30-36)27-23-20-17-14-11-9-7-8-10-13-15-18-21-24-31(37)33-26-29-35/h35-36H,2-30H2,1H3,(H,33,37). The molecule has 2 amide bonds. The number of aliphatic hydroxyl groups is 2. The lowest BCUT2D eigenvalue weighted by Gasteiger charge is -2.22. The van der Waals surface area contributed by atoms with Gasteiger partial charge in [0.2, 0.25) is 11.8 Å². The van der Waals surface area contributed by atoms with Crippen LogP contribution in [0, 0.1) is 0 Å². The Kier molecular flexibility index (Phi) is 29.5. The highest BCUT2D eigenvalue weighted by molar-refractivity contribution is 5.76. The van der Waals surface area contributed by atoms with Crippen LogP contribution in [0.1, 0.15) is 161 Å². The van der Waals surface area contributed by atoms with Gasteiger partial charge in [-0.05, 0) is 19.3 Å². The Labute approximate surface area is 235 Å². The van der Waals surface area contributed by atoms with Gasteiger partial charge in [-0.15, -0.1) is 0 Å². The zero-order chi connectivity index (χ0) is 27.9. The molecule has 0 bridgehead atoms. The third kappa shape index (κ3) is 26.5. The van der Waals surface area contributed by atoms with Crippen molar-refractivity contribution in [3.8, 4) is 0 Å². The van der Waals surface area contributed by atoms with Gasteiger partial charge in [0, 0.05) is 32.5 Å². The third-order valence-electron chi connectivity index (χ3n) is 7.48. The summed E-state index contributed by atoms with van der Waals surface area (Å²) in [5, 5.41) is 20.7. The van der Waals surface area contributed by atoms with Crippen molar-refractivity contribution in [2.75, 3.05) is 32.8 Å². The van der Waals surface area contributed by atoms with E-state index in [0.717, 1.165) is 38.6 Å². The summed E-state index contributed by atoms with van der Waals surface area (Å²) in [4.78, 5) is 25.9. The highest BCUT2D eigenvalue weighted by Crippen LogP contribution is 2.14. The molecule has 0 radical (unpaired) electrons. The van der Waals surface area contributed by atoms with E-state index in [1.165, 1.54) is 109 Å². The lowest BCUT2D eigenvalue weighted by molar-refractivity contribution is -0.132. The van der Waals surface area contributed by atoms with Gasteiger partial charge in [0.15, 0.2) is 0 Å². The Bertz CT molecular complexity index is 516. The lowest BCUT2D eigenvalue weighted by atomic mass is 10.0. The molecule has 0 spiro atoms. The van der Waals surface area contributed by atoms with Crippen molar-refractivity contribution in [2.24, 2.45) is 0 Å². The van der Waals surface area contributed by atoms with E-state index in [1.54, 1.807) is 0 Å². The van der Waals surface area contributed by atoms with Crippen molar-refractivity contribution in [3.63, 3.8) is 0 Å². The lowest BCUT2D eigenvalue weighted by Crippen LogP contribution is -2.34. The van der Waals surface area contributed by atoms with E-state index in [4.69, 9.17) is 5.11 Å². The maximum Gasteiger partial charge on any atom is 0.222 e. The molecular formula is C32H64N2O4. The number of nitrogens with zero attached hydrogens (tertiary/aromatic N) is 1. The van der Waals surface area contributed by atoms with Crippen LogP contribution in [0.2, 0.25) is 0 Å². The molecule has 0 aliphatic carbocycles. The summed E-state index contributed by atoms with van der Waals surface area (Å²) < 4.78 is 0. The number of hydrogen-bond donors (Lipinski definition) is 3. The number of rotatable bonds is 30. The summed E-state index contributed by atoms with van der Waals surface area (Å²) in [5.41, 5.74) is 0. The first kappa shape index (κ1) is 36.9. The highest BCUT2D eigenvalue weighted by Gasteiger charge is 2.12. The SMILES string of the molecule is CCCCCCCCCCCC(=O)N(CCO)CCCCCCCCCCCCCCCC(=O)NCCO. The van der Waals surface area contributed by atoms with Gasteiger partial charge in [-0.2, -0.15) is 0 Å². The molecule has 0 aromatic rings. The Morgan fingerprint density at radius 3 is 1.39 bits per heavy atom. The molecule has 0 aliphatic rings. The fourth-order valence-corrected chi connectivity index (χ4v) is 5.04. The first-order valence-electron chi connectivity index (χ1n) is 16.4. The van der Waals surface area contributed by atoms with Crippen molar-refractivity contribution in [3.05, 3.63) is 0 Å². The van der Waals surface area contributed by atoms with Crippen molar-refractivity contribution in [1.29, 1.82) is 0 Å². The highest BCUT2D eigenvalue weighted by atomic mass is 16.3. The Morgan fingerprint density at radius 2 is 0.947 bits per heavy atom. The van der Waals surface area contributed by atoms with Crippen molar-refractivity contribution < 1.29 is 19.8 Å². The van der Waals surface area contributed by atoms with Crippen LogP contribution < -0.4 is 5.32 Å². The topological polar surface area (TPSA) is 89.9 Å². The number of carbonyl (C=O) groups excluding carboxylic acids is 2. The minimum Gasteiger partial charge on any atom is -0.395 e. The summed E-state index contributed by atoms with van der Waals surface area (Å²) in [6, 6.07) is 0. The molecule has 6 heteroatoms. The van der Waals surface area contributed by atoms with Crippen LogP contribution in [0.4, 0.5) is 0 Å². The second-order valence-electron chi connectivity index (χ2n) is 11.1. The van der Waals surface area contributed by atoms with Crippen LogP contribution in [0.3, 0.4) is 0 Å². The van der Waals surface area contributed by atoms with Crippen LogP contribution in [0.25, 0.3) is 0 Å². The molecule has 3 N–H and O–H groups in total. The largest absolute Gasteiger partial charge is 0.395 e. The van der Waals surface area contributed by atoms with Gasteiger partial charge in [0.25, 0.3) is 0 Å². The maximum atomic E-state index is 12.6. The van der Waals surface area contributed by atoms with Gasteiger partial charge in [-0.1, -0.05) is 129 Å². The van der Waals surface area contributed by atoms with Gasteiger partial charge in [-0.25, -0.2) is 0 Å². The van der Waals surface area contributed by atoms with Crippen molar-refractivity contribution in [1.82, 2.24) is 10.2 Å². The van der Waals surface area contributed by atoms with E-state index in [9.17, 15) is 14.7 Å². The van der Waals surface area contributed by atoms with Crippen LogP contribution in [0.15, 0.2) is 0 Å². The monoisotopic (exact) mass is 540 g/mol. The van der Waals surface area contributed by atoms with Crippen LogP contribution in [-0.4, -0.2) is 59.8 Å². The predicted molar refractivity (Wildman–Crippen MR) is 160 cm³/mol. The summed E-state index contributed by atoms with van der Waals surface area (Å²) in [6.45, 7) is 3.97. The molecule has 0 unspecified atom stereocenters. The molecule has 0 saturated heterocycles. The zero-order valence-electron chi connectivity index (χ0n) is 25.2. The van der Waals surface area contributed by atoms with E-state index >= 15 is 0 Å². The van der Waals surface area contributed by atoms with E-state index in [0.29, 0.717) is 25.9 Å². The molecule has 0 aromatic carbocycles. The van der Waals surface area contributed by atoms with Crippen LogP contribution in [-0.2, 0) is 9.59 Å². The van der Waals surface area contributed by atoms with Crippen LogP contribution >= 0.6 is 0 Å². The van der Waals surface area contributed by atoms with Gasteiger partial charge >= 0.3 is 0 Å². The first-order chi connectivity index (χ1) is 18.7. The quantitative estimate of drug-likeness (QED) is 0.0834. The molecule has 226 valence electrons. The van der Waals surface area contributed by atoms with E-state index in [1.807, 2.05) is 4.90 Å². The van der Waals surface area contributed by atoms with Gasteiger partial charge < -0.3 is 20.4 Å². The summed E-state index contributed by atoms with van der Waals surface area (Å²) >= 11 is 0. The second kappa shape index (κ2) is 30.4. The van der Waals surface area contributed by atoms with E-state index in [2.05, 4.69) is 12.2 Å². The third-order valence-corrected chi connectivity index (χ3v) is 7.48. The molecule has 0 rings (SSSR count). The fraction of sp³-hybridized carbons (Fsp3) is 0.938. The molecule has 0 aliphatic heterocycles. The molecule has 6 nitrogen and oxygen atoms in total. The minimum atomic E-state index is 0.0115. The average molecular weight is 541 g/mol. The molecule has 0 atom stereocenters. The van der Waals surface area contributed by atoms with Gasteiger partial charge in [0.05, 0.1) is 13.2 Å². The van der Waals surface area contributed by atoms with Crippen LogP contribution in [0.5, 0.6) is 0 Å². The van der Waals surface area contributed by atoms with Crippen molar-refractivity contribution in [2.45, 2.75) is 161 Å². The number of nitrogens with one attached hydrogen (secondary N) is 1. The molecule has 0 saturated carbocycles. The molecule has 0 fully saturated rings. The van der Waals surface area contributed by atoms with E-state index < -0.39 is 0 Å². The summed E-state index contributed by atoms with van der Waals surface area (Å²) in [7, 11) is 0. The Hall–Kier alpha value is -1.14. The second-order valence-corrected chi connectivity index (χ2v) is 11.1. The first-order valence-corrected chi connectivity index (χ1v) is 16.4. The zero-order valence-corrected chi connectivity index (χ0v) is 25.2. The molecule has 0 aromatic heterocycles.